The van der Waals surface area contributed by atoms with Gasteiger partial charge in [0.1, 0.15) is 0 Å². The maximum atomic E-state index is 11.4. The summed E-state index contributed by atoms with van der Waals surface area (Å²) in [6.45, 7) is 6.53. The van der Waals surface area contributed by atoms with Crippen LogP contribution in [0, 0.1) is 0 Å². The number of carbonyl (C=O) groups is 1. The zero-order chi connectivity index (χ0) is 14.3. The first-order chi connectivity index (χ1) is 9.12. The van der Waals surface area contributed by atoms with Crippen LogP contribution in [0.3, 0.4) is 0 Å². The molecule has 0 aliphatic rings. The van der Waals surface area contributed by atoms with Crippen molar-refractivity contribution in [1.82, 2.24) is 0 Å². The summed E-state index contributed by atoms with van der Waals surface area (Å²) < 4.78 is 4.71. The van der Waals surface area contributed by atoms with Gasteiger partial charge in [-0.05, 0) is 35.5 Å². The molecule has 1 unspecified atom stereocenters. The summed E-state index contributed by atoms with van der Waals surface area (Å²) in [5, 5.41) is 0. The third-order valence-corrected chi connectivity index (χ3v) is 3.48. The predicted molar refractivity (Wildman–Crippen MR) is 80.0 cm³/mol. The van der Waals surface area contributed by atoms with Crippen LogP contribution in [0.25, 0.3) is 5.57 Å². The minimum Gasteiger partial charge on any atom is -0.466 e. The first-order valence-corrected chi connectivity index (χ1v) is 7.01. The van der Waals surface area contributed by atoms with Crippen LogP contribution in [0.15, 0.2) is 30.3 Å². The number of rotatable bonds is 6. The fraction of sp³-hybridized carbons (Fsp3) is 0.471. The second-order valence-corrected chi connectivity index (χ2v) is 4.87. The molecule has 104 valence electrons. The zero-order valence-electron chi connectivity index (χ0n) is 12.4. The van der Waals surface area contributed by atoms with Gasteiger partial charge >= 0.3 is 5.97 Å². The summed E-state index contributed by atoms with van der Waals surface area (Å²) in [6.07, 6.45) is 4.63. The minimum absolute atomic E-state index is 0.283. The molecule has 0 fully saturated rings. The van der Waals surface area contributed by atoms with E-state index in [1.54, 1.807) is 6.08 Å². The predicted octanol–water partition coefficient (Wildman–Crippen LogP) is 4.56. The molecule has 2 heteroatoms. The topological polar surface area (TPSA) is 26.3 Å². The fourth-order valence-corrected chi connectivity index (χ4v) is 2.03. The summed E-state index contributed by atoms with van der Waals surface area (Å²) in [7, 11) is 1.41. The second kappa shape index (κ2) is 7.78. The summed E-state index contributed by atoms with van der Waals surface area (Å²) in [6, 6.07) is 8.52. The molecular formula is C17H24O2. The standard InChI is InChI=1S/C17H24O2/c1-5-7-16(12-17(18)19-4)15-10-8-14(9-11-15)13(3)6-2/h8-13H,5-7H2,1-4H3. The van der Waals surface area contributed by atoms with Crippen molar-refractivity contribution in [2.45, 2.75) is 46.0 Å². The molecule has 0 spiro atoms. The van der Waals surface area contributed by atoms with Crippen molar-refractivity contribution < 1.29 is 9.53 Å². The molecule has 0 heterocycles. The number of hydrogen-bond donors (Lipinski definition) is 0. The Bertz CT molecular complexity index is 429. The number of benzene rings is 1. The average molecular weight is 260 g/mol. The molecule has 0 aliphatic heterocycles. The summed E-state index contributed by atoms with van der Waals surface area (Å²) >= 11 is 0. The third-order valence-electron chi connectivity index (χ3n) is 3.48. The molecule has 0 saturated carbocycles. The monoisotopic (exact) mass is 260 g/mol. The van der Waals surface area contributed by atoms with Crippen molar-refractivity contribution >= 4 is 11.5 Å². The molecule has 0 aliphatic carbocycles. The van der Waals surface area contributed by atoms with Gasteiger partial charge in [0.05, 0.1) is 7.11 Å². The molecule has 2 nitrogen and oxygen atoms in total. The van der Waals surface area contributed by atoms with Crippen molar-refractivity contribution in [1.29, 1.82) is 0 Å². The Hall–Kier alpha value is -1.57. The summed E-state index contributed by atoms with van der Waals surface area (Å²) in [5.41, 5.74) is 3.50. The molecule has 0 saturated heterocycles. The van der Waals surface area contributed by atoms with Gasteiger partial charge in [-0.2, -0.15) is 0 Å². The number of ether oxygens (including phenoxy) is 1. The first-order valence-electron chi connectivity index (χ1n) is 7.01. The minimum atomic E-state index is -0.283. The van der Waals surface area contributed by atoms with Gasteiger partial charge in [-0.25, -0.2) is 4.79 Å². The molecule has 1 aromatic rings. The Morgan fingerprint density at radius 2 is 1.89 bits per heavy atom. The van der Waals surface area contributed by atoms with Crippen LogP contribution in [0.2, 0.25) is 0 Å². The number of allylic oxidation sites excluding steroid dienone is 1. The van der Waals surface area contributed by atoms with Crippen LogP contribution >= 0.6 is 0 Å². The maximum absolute atomic E-state index is 11.4. The Morgan fingerprint density at radius 1 is 1.26 bits per heavy atom. The van der Waals surface area contributed by atoms with Crippen LogP contribution in [-0.2, 0) is 9.53 Å². The Kier molecular flexibility index (Phi) is 6.34. The van der Waals surface area contributed by atoms with Gasteiger partial charge in [-0.15, -0.1) is 0 Å². The zero-order valence-corrected chi connectivity index (χ0v) is 12.4. The largest absolute Gasteiger partial charge is 0.466 e. The van der Waals surface area contributed by atoms with Gasteiger partial charge in [-0.1, -0.05) is 51.5 Å². The van der Waals surface area contributed by atoms with Crippen molar-refractivity contribution in [3.05, 3.63) is 41.5 Å². The van der Waals surface area contributed by atoms with Crippen molar-refractivity contribution in [2.75, 3.05) is 7.11 Å². The van der Waals surface area contributed by atoms with Gasteiger partial charge < -0.3 is 4.74 Å². The van der Waals surface area contributed by atoms with Crippen molar-refractivity contribution in [3.63, 3.8) is 0 Å². The normalized spacial score (nSPS) is 13.2. The van der Waals surface area contributed by atoms with E-state index >= 15 is 0 Å². The van der Waals surface area contributed by atoms with E-state index in [0.29, 0.717) is 5.92 Å². The number of carbonyl (C=O) groups excluding carboxylic acids is 1. The summed E-state index contributed by atoms with van der Waals surface area (Å²) in [4.78, 5) is 11.4. The van der Waals surface area contributed by atoms with E-state index in [-0.39, 0.29) is 5.97 Å². The lowest BCUT2D eigenvalue weighted by atomic mass is 9.94. The maximum Gasteiger partial charge on any atom is 0.330 e. The van der Waals surface area contributed by atoms with E-state index in [0.717, 1.165) is 30.4 Å². The molecule has 0 aromatic heterocycles. The SMILES string of the molecule is CCCC(=CC(=O)OC)c1ccc(C(C)CC)cc1. The third kappa shape index (κ3) is 4.55. The second-order valence-electron chi connectivity index (χ2n) is 4.87. The molecule has 0 radical (unpaired) electrons. The summed E-state index contributed by atoms with van der Waals surface area (Å²) in [5.74, 6) is 0.294. The Balaban J connectivity index is 2.97. The van der Waals surface area contributed by atoms with Crippen LogP contribution < -0.4 is 0 Å². The van der Waals surface area contributed by atoms with E-state index in [1.807, 2.05) is 0 Å². The fourth-order valence-electron chi connectivity index (χ4n) is 2.03. The molecule has 0 bridgehead atoms. The van der Waals surface area contributed by atoms with E-state index < -0.39 is 0 Å². The number of esters is 1. The van der Waals surface area contributed by atoms with E-state index in [2.05, 4.69) is 45.0 Å². The Morgan fingerprint density at radius 3 is 2.37 bits per heavy atom. The first kappa shape index (κ1) is 15.5. The number of hydrogen-bond acceptors (Lipinski definition) is 2. The lowest BCUT2D eigenvalue weighted by Crippen LogP contribution is -1.98. The highest BCUT2D eigenvalue weighted by Crippen LogP contribution is 2.24. The van der Waals surface area contributed by atoms with Crippen LogP contribution in [0.5, 0.6) is 0 Å². The van der Waals surface area contributed by atoms with E-state index in [1.165, 1.54) is 12.7 Å². The highest BCUT2D eigenvalue weighted by atomic mass is 16.5. The molecule has 1 atom stereocenters. The van der Waals surface area contributed by atoms with E-state index in [9.17, 15) is 4.79 Å². The highest BCUT2D eigenvalue weighted by Gasteiger charge is 2.07. The smallest absolute Gasteiger partial charge is 0.330 e. The van der Waals surface area contributed by atoms with Gasteiger partial charge in [0.15, 0.2) is 0 Å². The van der Waals surface area contributed by atoms with E-state index in [4.69, 9.17) is 4.74 Å². The quantitative estimate of drug-likeness (QED) is 0.554. The number of methoxy groups -OCH3 is 1. The van der Waals surface area contributed by atoms with Crippen LogP contribution in [0.1, 0.15) is 57.1 Å². The molecule has 19 heavy (non-hydrogen) atoms. The molecule has 0 N–H and O–H groups in total. The molecular weight excluding hydrogens is 236 g/mol. The van der Waals surface area contributed by atoms with Crippen molar-refractivity contribution in [3.8, 4) is 0 Å². The van der Waals surface area contributed by atoms with Gasteiger partial charge in [-0.3, -0.25) is 0 Å². The van der Waals surface area contributed by atoms with Crippen molar-refractivity contribution in [2.24, 2.45) is 0 Å². The van der Waals surface area contributed by atoms with Gasteiger partial charge in [0.2, 0.25) is 0 Å². The molecule has 1 aromatic carbocycles. The molecule has 0 amide bonds. The Labute approximate surface area is 116 Å². The van der Waals surface area contributed by atoms with Gasteiger partial charge in [0.25, 0.3) is 0 Å². The van der Waals surface area contributed by atoms with Crippen LogP contribution in [0.4, 0.5) is 0 Å². The van der Waals surface area contributed by atoms with Crippen LogP contribution in [-0.4, -0.2) is 13.1 Å². The lowest BCUT2D eigenvalue weighted by molar-refractivity contribution is -0.134. The molecule has 1 rings (SSSR count). The average Bonchev–Trinajstić information content (AvgIpc) is 2.46. The van der Waals surface area contributed by atoms with Gasteiger partial charge in [0, 0.05) is 6.08 Å². The highest BCUT2D eigenvalue weighted by molar-refractivity contribution is 5.91. The lowest BCUT2D eigenvalue weighted by Gasteiger charge is -2.11.